The van der Waals surface area contributed by atoms with Crippen LogP contribution in [0.2, 0.25) is 5.02 Å². The van der Waals surface area contributed by atoms with E-state index in [0.29, 0.717) is 40.9 Å². The normalized spacial score (nSPS) is 11.0. The van der Waals surface area contributed by atoms with E-state index in [0.717, 1.165) is 22.2 Å². The van der Waals surface area contributed by atoms with Gasteiger partial charge in [0.2, 0.25) is 0 Å². The van der Waals surface area contributed by atoms with E-state index < -0.39 is 0 Å². The van der Waals surface area contributed by atoms with Gasteiger partial charge in [-0.3, -0.25) is 4.79 Å². The zero-order chi connectivity index (χ0) is 22.0. The lowest BCUT2D eigenvalue weighted by molar-refractivity contribution is 0.102. The number of amides is 1. The lowest BCUT2D eigenvalue weighted by Gasteiger charge is -2.09. The fraction of sp³-hybridized carbons (Fsp3) is 0.200. The van der Waals surface area contributed by atoms with E-state index in [4.69, 9.17) is 20.8 Å². The van der Waals surface area contributed by atoms with E-state index in [1.807, 2.05) is 44.2 Å². The number of carbonyl (C=O) groups excluding carboxylic acids is 1. The zero-order valence-electron chi connectivity index (χ0n) is 17.7. The minimum atomic E-state index is -0.234. The molecule has 1 aromatic heterocycles. The van der Waals surface area contributed by atoms with Crippen LogP contribution in [0.1, 0.15) is 39.9 Å². The molecule has 31 heavy (non-hydrogen) atoms. The van der Waals surface area contributed by atoms with Gasteiger partial charge >= 0.3 is 0 Å². The maximum absolute atomic E-state index is 12.5. The molecule has 4 aromatic rings. The van der Waals surface area contributed by atoms with Gasteiger partial charge in [-0.1, -0.05) is 29.8 Å². The number of hydrogen-bond donors (Lipinski definition) is 1. The van der Waals surface area contributed by atoms with Crippen molar-refractivity contribution in [2.45, 2.75) is 27.2 Å². The zero-order valence-corrected chi connectivity index (χ0v) is 18.4. The Morgan fingerprint density at radius 3 is 2.58 bits per heavy atom. The SMILES string of the molecule is CCOc1ccc(C(=O)Nc2ccc(Cc3nc4cc(C)cc(C)c4o3)cc2)cc1Cl. The first-order chi connectivity index (χ1) is 14.9. The summed E-state index contributed by atoms with van der Waals surface area (Å²) in [6.07, 6.45) is 0.579. The highest BCUT2D eigenvalue weighted by atomic mass is 35.5. The van der Waals surface area contributed by atoms with Crippen molar-refractivity contribution >= 4 is 34.3 Å². The van der Waals surface area contributed by atoms with Gasteiger partial charge in [0.15, 0.2) is 11.5 Å². The minimum absolute atomic E-state index is 0.234. The van der Waals surface area contributed by atoms with E-state index in [2.05, 4.69) is 23.3 Å². The Kier molecular flexibility index (Phi) is 5.96. The van der Waals surface area contributed by atoms with Crippen molar-refractivity contribution in [2.75, 3.05) is 11.9 Å². The average molecular weight is 435 g/mol. The second-order valence-electron chi connectivity index (χ2n) is 7.44. The first-order valence-corrected chi connectivity index (χ1v) is 10.5. The summed E-state index contributed by atoms with van der Waals surface area (Å²) < 4.78 is 11.4. The summed E-state index contributed by atoms with van der Waals surface area (Å²) in [4.78, 5) is 17.1. The second-order valence-corrected chi connectivity index (χ2v) is 7.85. The van der Waals surface area contributed by atoms with Crippen LogP contribution in [0.15, 0.2) is 59.0 Å². The number of benzene rings is 3. The molecule has 158 valence electrons. The fourth-order valence-corrected chi connectivity index (χ4v) is 3.73. The van der Waals surface area contributed by atoms with Gasteiger partial charge in [-0.15, -0.1) is 0 Å². The number of fused-ring (bicyclic) bond motifs is 1. The quantitative estimate of drug-likeness (QED) is 0.384. The van der Waals surface area contributed by atoms with Gasteiger partial charge in [0.1, 0.15) is 11.3 Å². The van der Waals surface area contributed by atoms with Crippen molar-refractivity contribution in [3.05, 3.63) is 87.8 Å². The third-order valence-electron chi connectivity index (χ3n) is 4.93. The molecule has 5 nitrogen and oxygen atoms in total. The van der Waals surface area contributed by atoms with Crippen molar-refractivity contribution in [2.24, 2.45) is 0 Å². The number of carbonyl (C=O) groups is 1. The fourth-order valence-electron chi connectivity index (χ4n) is 3.50. The molecule has 0 saturated heterocycles. The van der Waals surface area contributed by atoms with E-state index in [1.54, 1.807) is 18.2 Å². The molecular weight excluding hydrogens is 412 g/mol. The molecule has 0 radical (unpaired) electrons. The molecule has 0 fully saturated rings. The van der Waals surface area contributed by atoms with Crippen molar-refractivity contribution in [3.8, 4) is 5.75 Å². The summed E-state index contributed by atoms with van der Waals surface area (Å²) in [5, 5.41) is 3.30. The maximum Gasteiger partial charge on any atom is 0.255 e. The Morgan fingerprint density at radius 1 is 1.10 bits per heavy atom. The predicted octanol–water partition coefficient (Wildman–Crippen LogP) is 6.34. The summed E-state index contributed by atoms with van der Waals surface area (Å²) >= 11 is 6.18. The second kappa shape index (κ2) is 8.82. The van der Waals surface area contributed by atoms with E-state index in [-0.39, 0.29) is 5.91 Å². The highest BCUT2D eigenvalue weighted by molar-refractivity contribution is 6.32. The highest BCUT2D eigenvalue weighted by Gasteiger charge is 2.12. The van der Waals surface area contributed by atoms with Crippen LogP contribution in [0, 0.1) is 13.8 Å². The average Bonchev–Trinajstić information content (AvgIpc) is 3.13. The van der Waals surface area contributed by atoms with Crippen LogP contribution < -0.4 is 10.1 Å². The van der Waals surface area contributed by atoms with Crippen LogP contribution in [0.4, 0.5) is 5.69 Å². The molecule has 0 atom stereocenters. The maximum atomic E-state index is 12.5. The van der Waals surface area contributed by atoms with Gasteiger partial charge < -0.3 is 14.5 Å². The number of rotatable bonds is 6. The van der Waals surface area contributed by atoms with Crippen molar-refractivity contribution in [3.63, 3.8) is 0 Å². The molecule has 0 aliphatic rings. The van der Waals surface area contributed by atoms with E-state index in [9.17, 15) is 4.79 Å². The molecule has 0 spiro atoms. The van der Waals surface area contributed by atoms with Crippen molar-refractivity contribution in [1.82, 2.24) is 4.98 Å². The van der Waals surface area contributed by atoms with Gasteiger partial charge in [0.25, 0.3) is 5.91 Å². The van der Waals surface area contributed by atoms with Gasteiger partial charge in [0, 0.05) is 17.7 Å². The number of hydrogen-bond acceptors (Lipinski definition) is 4. The van der Waals surface area contributed by atoms with Gasteiger partial charge in [0.05, 0.1) is 11.6 Å². The number of halogens is 1. The van der Waals surface area contributed by atoms with Crippen molar-refractivity contribution < 1.29 is 13.9 Å². The van der Waals surface area contributed by atoms with Gasteiger partial charge in [-0.25, -0.2) is 4.98 Å². The Hall–Kier alpha value is -3.31. The third-order valence-corrected chi connectivity index (χ3v) is 5.22. The molecular formula is C25H23ClN2O3. The third kappa shape index (κ3) is 4.72. The van der Waals surface area contributed by atoms with Crippen LogP contribution in [0.5, 0.6) is 5.75 Å². The standard InChI is InChI=1S/C25H23ClN2O3/c1-4-30-22-10-7-18(14-20(22)26)25(29)27-19-8-5-17(6-9-19)13-23-28-21-12-15(2)11-16(3)24(21)31-23/h5-12,14H,4,13H2,1-3H3,(H,27,29). The number of nitrogens with zero attached hydrogens (tertiary/aromatic N) is 1. The van der Waals surface area contributed by atoms with E-state index >= 15 is 0 Å². The van der Waals surface area contributed by atoms with E-state index in [1.165, 1.54) is 5.56 Å². The summed E-state index contributed by atoms with van der Waals surface area (Å²) in [7, 11) is 0. The molecule has 0 saturated carbocycles. The first kappa shape index (κ1) is 20.9. The van der Waals surface area contributed by atoms with Crippen LogP contribution in [0.3, 0.4) is 0 Å². The lowest BCUT2D eigenvalue weighted by Crippen LogP contribution is -2.12. The number of aromatic nitrogens is 1. The summed E-state index contributed by atoms with van der Waals surface area (Å²) in [5.41, 5.74) is 6.17. The smallest absolute Gasteiger partial charge is 0.255 e. The summed E-state index contributed by atoms with van der Waals surface area (Å²) in [5.74, 6) is 1.00. The Labute approximate surface area is 186 Å². The van der Waals surface area contributed by atoms with Crippen LogP contribution in [0.25, 0.3) is 11.1 Å². The van der Waals surface area contributed by atoms with Crippen LogP contribution in [-0.2, 0) is 6.42 Å². The van der Waals surface area contributed by atoms with Crippen molar-refractivity contribution in [1.29, 1.82) is 0 Å². The molecule has 1 heterocycles. The molecule has 1 N–H and O–H groups in total. The highest BCUT2D eigenvalue weighted by Crippen LogP contribution is 2.26. The summed E-state index contributed by atoms with van der Waals surface area (Å²) in [6.45, 7) is 6.47. The monoisotopic (exact) mass is 434 g/mol. The number of nitrogens with one attached hydrogen (secondary N) is 1. The van der Waals surface area contributed by atoms with Crippen LogP contribution in [-0.4, -0.2) is 17.5 Å². The Bertz CT molecular complexity index is 1250. The predicted molar refractivity (Wildman–Crippen MR) is 123 cm³/mol. The Balaban J connectivity index is 1.44. The Morgan fingerprint density at radius 2 is 1.87 bits per heavy atom. The molecule has 3 aromatic carbocycles. The lowest BCUT2D eigenvalue weighted by atomic mass is 10.1. The number of ether oxygens (including phenoxy) is 1. The molecule has 0 unspecified atom stereocenters. The first-order valence-electron chi connectivity index (χ1n) is 10.1. The minimum Gasteiger partial charge on any atom is -0.492 e. The molecule has 4 rings (SSSR count). The van der Waals surface area contributed by atoms with Crippen LogP contribution >= 0.6 is 11.6 Å². The summed E-state index contributed by atoms with van der Waals surface area (Å²) in [6, 6.07) is 16.7. The molecule has 0 aliphatic carbocycles. The van der Waals surface area contributed by atoms with Gasteiger partial charge in [-0.05, 0) is 73.9 Å². The topological polar surface area (TPSA) is 64.4 Å². The molecule has 1 amide bonds. The number of aryl methyl sites for hydroxylation is 2. The number of oxazole rings is 1. The molecule has 6 heteroatoms. The van der Waals surface area contributed by atoms with Gasteiger partial charge in [-0.2, -0.15) is 0 Å². The largest absolute Gasteiger partial charge is 0.492 e. The molecule has 0 bridgehead atoms. The number of anilines is 1. The molecule has 0 aliphatic heterocycles.